The molecule has 1 rings (SSSR count). The molecule has 0 bridgehead atoms. The van der Waals surface area contributed by atoms with Gasteiger partial charge in [-0.05, 0) is 49.4 Å². The van der Waals surface area contributed by atoms with Crippen LogP contribution in [-0.2, 0) is 15.9 Å². The van der Waals surface area contributed by atoms with Crippen molar-refractivity contribution in [2.45, 2.75) is 19.3 Å². The van der Waals surface area contributed by atoms with E-state index in [4.69, 9.17) is 19.9 Å². The first kappa shape index (κ1) is 17.0. The Morgan fingerprint density at radius 2 is 2.00 bits per heavy atom. The van der Waals surface area contributed by atoms with Gasteiger partial charge in [-0.2, -0.15) is 0 Å². The van der Waals surface area contributed by atoms with E-state index in [1.165, 1.54) is 5.56 Å². The molecule has 4 heteroatoms. The molecule has 0 aliphatic rings. The zero-order valence-electron chi connectivity index (χ0n) is 12.6. The summed E-state index contributed by atoms with van der Waals surface area (Å²) in [6.07, 6.45) is 2.90. The van der Waals surface area contributed by atoms with E-state index in [9.17, 15) is 0 Å². The SMILES string of the molecule is COCCCOCCC(CN)Cc1cccc(OC)c1. The highest BCUT2D eigenvalue weighted by Gasteiger charge is 2.08. The fourth-order valence-electron chi connectivity index (χ4n) is 2.09. The van der Waals surface area contributed by atoms with Crippen molar-refractivity contribution in [1.82, 2.24) is 0 Å². The van der Waals surface area contributed by atoms with Crippen LogP contribution in [0.2, 0.25) is 0 Å². The van der Waals surface area contributed by atoms with Crippen LogP contribution in [-0.4, -0.2) is 40.6 Å². The molecule has 1 aromatic rings. The van der Waals surface area contributed by atoms with Crippen molar-refractivity contribution in [3.63, 3.8) is 0 Å². The molecule has 0 radical (unpaired) electrons. The van der Waals surface area contributed by atoms with Crippen molar-refractivity contribution in [3.8, 4) is 5.75 Å². The Morgan fingerprint density at radius 3 is 2.70 bits per heavy atom. The van der Waals surface area contributed by atoms with Gasteiger partial charge in [0.1, 0.15) is 5.75 Å². The molecule has 1 atom stereocenters. The lowest BCUT2D eigenvalue weighted by atomic mass is 9.96. The summed E-state index contributed by atoms with van der Waals surface area (Å²) in [5.74, 6) is 1.35. The summed E-state index contributed by atoms with van der Waals surface area (Å²) in [7, 11) is 3.39. The van der Waals surface area contributed by atoms with Crippen LogP contribution in [0.1, 0.15) is 18.4 Å². The van der Waals surface area contributed by atoms with Crippen LogP contribution in [0.4, 0.5) is 0 Å². The van der Waals surface area contributed by atoms with Crippen LogP contribution in [0.5, 0.6) is 5.75 Å². The normalized spacial score (nSPS) is 12.3. The quantitative estimate of drug-likeness (QED) is 0.632. The highest BCUT2D eigenvalue weighted by atomic mass is 16.5. The highest BCUT2D eigenvalue weighted by molar-refractivity contribution is 5.28. The van der Waals surface area contributed by atoms with E-state index < -0.39 is 0 Å². The van der Waals surface area contributed by atoms with Crippen LogP contribution in [0.15, 0.2) is 24.3 Å². The topological polar surface area (TPSA) is 53.7 Å². The number of ether oxygens (including phenoxy) is 3. The van der Waals surface area contributed by atoms with Crippen molar-refractivity contribution < 1.29 is 14.2 Å². The minimum Gasteiger partial charge on any atom is -0.497 e. The standard InChI is InChI=1S/C16H27NO3/c1-18-8-4-9-20-10-7-15(13-17)11-14-5-3-6-16(12-14)19-2/h3,5-6,12,15H,4,7-11,13,17H2,1-2H3. The molecule has 1 aromatic carbocycles. The van der Waals surface area contributed by atoms with Gasteiger partial charge >= 0.3 is 0 Å². The lowest BCUT2D eigenvalue weighted by Gasteiger charge is -2.15. The van der Waals surface area contributed by atoms with Crippen LogP contribution >= 0.6 is 0 Å². The van der Waals surface area contributed by atoms with Crippen LogP contribution in [0.25, 0.3) is 0 Å². The lowest BCUT2D eigenvalue weighted by Crippen LogP contribution is -2.19. The summed E-state index contributed by atoms with van der Waals surface area (Å²) < 4.78 is 15.8. The van der Waals surface area contributed by atoms with Gasteiger partial charge in [0.05, 0.1) is 7.11 Å². The molecule has 0 saturated carbocycles. The van der Waals surface area contributed by atoms with Crippen molar-refractivity contribution in [2.24, 2.45) is 11.7 Å². The minimum absolute atomic E-state index is 0.449. The number of rotatable bonds is 11. The van der Waals surface area contributed by atoms with Gasteiger partial charge < -0.3 is 19.9 Å². The maximum absolute atomic E-state index is 5.85. The summed E-state index contributed by atoms with van der Waals surface area (Å²) in [5, 5.41) is 0. The largest absolute Gasteiger partial charge is 0.497 e. The van der Waals surface area contributed by atoms with Crippen molar-refractivity contribution in [3.05, 3.63) is 29.8 Å². The van der Waals surface area contributed by atoms with E-state index >= 15 is 0 Å². The third kappa shape index (κ3) is 6.89. The fourth-order valence-corrected chi connectivity index (χ4v) is 2.09. The predicted octanol–water partition coefficient (Wildman–Crippen LogP) is 2.26. The Hall–Kier alpha value is -1.10. The molecule has 0 aromatic heterocycles. The molecular formula is C16H27NO3. The van der Waals surface area contributed by atoms with Gasteiger partial charge in [0, 0.05) is 26.9 Å². The Kier molecular flexibility index (Phi) is 9.04. The zero-order chi connectivity index (χ0) is 14.6. The first-order valence-corrected chi connectivity index (χ1v) is 7.19. The third-order valence-electron chi connectivity index (χ3n) is 3.30. The average Bonchev–Trinajstić information content (AvgIpc) is 2.49. The summed E-state index contributed by atoms with van der Waals surface area (Å²) >= 11 is 0. The Morgan fingerprint density at radius 1 is 1.15 bits per heavy atom. The molecular weight excluding hydrogens is 254 g/mol. The van der Waals surface area contributed by atoms with Gasteiger partial charge in [-0.15, -0.1) is 0 Å². The Labute approximate surface area is 122 Å². The Bertz CT molecular complexity index is 357. The Balaban J connectivity index is 2.27. The van der Waals surface area contributed by atoms with E-state index in [0.29, 0.717) is 12.5 Å². The van der Waals surface area contributed by atoms with Gasteiger partial charge in [-0.3, -0.25) is 0 Å². The van der Waals surface area contributed by atoms with Gasteiger partial charge in [0.15, 0.2) is 0 Å². The maximum atomic E-state index is 5.85. The maximum Gasteiger partial charge on any atom is 0.119 e. The molecule has 0 fully saturated rings. The molecule has 20 heavy (non-hydrogen) atoms. The summed E-state index contributed by atoms with van der Waals surface area (Å²) in [5.41, 5.74) is 7.11. The molecule has 114 valence electrons. The van der Waals surface area contributed by atoms with Crippen molar-refractivity contribution in [2.75, 3.05) is 40.6 Å². The molecule has 1 unspecified atom stereocenters. The number of benzene rings is 1. The van der Waals surface area contributed by atoms with Crippen molar-refractivity contribution in [1.29, 1.82) is 0 Å². The zero-order valence-corrected chi connectivity index (χ0v) is 12.6. The van der Waals surface area contributed by atoms with E-state index in [0.717, 1.165) is 44.8 Å². The second-order valence-electron chi connectivity index (χ2n) is 4.90. The molecule has 2 N–H and O–H groups in total. The molecule has 0 aliphatic carbocycles. The predicted molar refractivity (Wildman–Crippen MR) is 81.2 cm³/mol. The van der Waals surface area contributed by atoms with E-state index in [2.05, 4.69) is 12.1 Å². The van der Waals surface area contributed by atoms with E-state index in [1.807, 2.05) is 12.1 Å². The smallest absolute Gasteiger partial charge is 0.119 e. The minimum atomic E-state index is 0.449. The lowest BCUT2D eigenvalue weighted by molar-refractivity contribution is 0.0942. The second kappa shape index (κ2) is 10.7. The first-order valence-electron chi connectivity index (χ1n) is 7.19. The van der Waals surface area contributed by atoms with Crippen molar-refractivity contribution >= 4 is 0 Å². The van der Waals surface area contributed by atoms with Crippen LogP contribution < -0.4 is 10.5 Å². The summed E-state index contributed by atoms with van der Waals surface area (Å²) in [6.45, 7) is 2.95. The summed E-state index contributed by atoms with van der Waals surface area (Å²) in [6, 6.07) is 8.16. The summed E-state index contributed by atoms with van der Waals surface area (Å²) in [4.78, 5) is 0. The third-order valence-corrected chi connectivity index (χ3v) is 3.30. The van der Waals surface area contributed by atoms with Gasteiger partial charge in [0.2, 0.25) is 0 Å². The van der Waals surface area contributed by atoms with Crippen LogP contribution in [0.3, 0.4) is 0 Å². The fraction of sp³-hybridized carbons (Fsp3) is 0.625. The van der Waals surface area contributed by atoms with Crippen LogP contribution in [0, 0.1) is 5.92 Å². The first-order chi connectivity index (χ1) is 9.80. The molecule has 0 heterocycles. The second-order valence-corrected chi connectivity index (χ2v) is 4.90. The highest BCUT2D eigenvalue weighted by Crippen LogP contribution is 2.17. The van der Waals surface area contributed by atoms with E-state index in [1.54, 1.807) is 14.2 Å². The number of methoxy groups -OCH3 is 2. The molecule has 4 nitrogen and oxygen atoms in total. The van der Waals surface area contributed by atoms with E-state index in [-0.39, 0.29) is 0 Å². The molecule has 0 spiro atoms. The number of hydrogen-bond donors (Lipinski definition) is 1. The number of nitrogens with two attached hydrogens (primary N) is 1. The monoisotopic (exact) mass is 281 g/mol. The van der Waals surface area contributed by atoms with Gasteiger partial charge in [0.25, 0.3) is 0 Å². The average molecular weight is 281 g/mol. The molecule has 0 saturated heterocycles. The molecule has 0 amide bonds. The molecule has 0 aliphatic heterocycles. The van der Waals surface area contributed by atoms with Gasteiger partial charge in [-0.1, -0.05) is 12.1 Å². The number of hydrogen-bond acceptors (Lipinski definition) is 4. The van der Waals surface area contributed by atoms with Gasteiger partial charge in [-0.25, -0.2) is 0 Å².